The van der Waals surface area contributed by atoms with Crippen molar-refractivity contribution < 1.29 is 4.79 Å². The monoisotopic (exact) mass is 303 g/mol. The van der Waals surface area contributed by atoms with Crippen LogP contribution in [0.2, 0.25) is 0 Å². The molecule has 0 unspecified atom stereocenters. The second-order valence-corrected chi connectivity index (χ2v) is 5.40. The molecule has 2 aromatic heterocycles. The van der Waals surface area contributed by atoms with Gasteiger partial charge in [-0.05, 0) is 6.42 Å². The Labute approximate surface area is 126 Å². The molecule has 0 fully saturated rings. The average Bonchev–Trinajstić information content (AvgIpc) is 2.98. The normalized spacial score (nSPS) is 15.4. The van der Waals surface area contributed by atoms with Gasteiger partial charge in [0.05, 0.1) is 24.7 Å². The number of H-pyrrole nitrogens is 1. The Bertz CT molecular complexity index is 737. The highest BCUT2D eigenvalue weighted by molar-refractivity contribution is 5.78. The molecule has 1 aliphatic heterocycles. The van der Waals surface area contributed by atoms with Crippen LogP contribution in [0, 0.1) is 5.92 Å². The van der Waals surface area contributed by atoms with E-state index in [1.165, 1.54) is 6.33 Å². The molecular formula is C13H17N7O2. The molecule has 9 nitrogen and oxygen atoms in total. The van der Waals surface area contributed by atoms with Crippen LogP contribution in [0.15, 0.2) is 17.4 Å². The number of nitrogens with zero attached hydrogens (tertiary/aromatic N) is 5. The number of aromatic nitrogens is 5. The summed E-state index contributed by atoms with van der Waals surface area (Å²) in [6, 6.07) is 0. The number of amides is 1. The molecule has 0 aliphatic carbocycles. The van der Waals surface area contributed by atoms with Crippen LogP contribution in [-0.4, -0.2) is 42.1 Å². The predicted molar refractivity (Wildman–Crippen MR) is 77.6 cm³/mol. The molecule has 0 bridgehead atoms. The summed E-state index contributed by atoms with van der Waals surface area (Å²) in [7, 11) is 0. The maximum atomic E-state index is 12.5. The average molecular weight is 303 g/mol. The summed E-state index contributed by atoms with van der Waals surface area (Å²) in [6.45, 7) is 3.12. The highest BCUT2D eigenvalue weighted by atomic mass is 16.2. The van der Waals surface area contributed by atoms with Gasteiger partial charge in [0.1, 0.15) is 12.7 Å². The van der Waals surface area contributed by atoms with Gasteiger partial charge in [-0.2, -0.15) is 5.10 Å². The van der Waals surface area contributed by atoms with Gasteiger partial charge in [0.2, 0.25) is 11.9 Å². The highest BCUT2D eigenvalue weighted by Gasteiger charge is 2.27. The minimum atomic E-state index is -0.234. The Morgan fingerprint density at radius 3 is 3.09 bits per heavy atom. The van der Waals surface area contributed by atoms with Crippen molar-refractivity contribution in [2.24, 2.45) is 5.92 Å². The van der Waals surface area contributed by atoms with Crippen molar-refractivity contribution in [2.45, 2.75) is 26.4 Å². The van der Waals surface area contributed by atoms with E-state index in [1.54, 1.807) is 15.9 Å². The summed E-state index contributed by atoms with van der Waals surface area (Å²) in [5.41, 5.74) is 6.54. The fourth-order valence-electron chi connectivity index (χ4n) is 2.64. The van der Waals surface area contributed by atoms with Crippen molar-refractivity contribution in [1.82, 2.24) is 29.6 Å². The molecule has 1 amide bonds. The molecule has 0 saturated carbocycles. The summed E-state index contributed by atoms with van der Waals surface area (Å²) in [5, 5.41) is 4.00. The number of carbonyl (C=O) groups excluding carboxylic acids is 1. The molecule has 116 valence electrons. The van der Waals surface area contributed by atoms with Gasteiger partial charge in [-0.3, -0.25) is 19.3 Å². The number of nitrogens with one attached hydrogen (secondary N) is 1. The molecular weight excluding hydrogens is 286 g/mol. The number of nitrogens with two attached hydrogens (primary N) is 1. The molecule has 1 aliphatic rings. The number of rotatable bonds is 3. The van der Waals surface area contributed by atoms with Crippen molar-refractivity contribution >= 4 is 11.9 Å². The van der Waals surface area contributed by atoms with E-state index in [2.05, 4.69) is 20.1 Å². The molecule has 3 N–H and O–H groups in total. The third-order valence-electron chi connectivity index (χ3n) is 3.75. The molecule has 0 spiro atoms. The number of fused-ring (bicyclic) bond motifs is 1. The van der Waals surface area contributed by atoms with Crippen LogP contribution in [0.3, 0.4) is 0 Å². The van der Waals surface area contributed by atoms with Crippen molar-refractivity contribution in [1.29, 1.82) is 0 Å². The number of aromatic amines is 1. The fraction of sp³-hybridized carbons (Fsp3) is 0.462. The number of carbonyl (C=O) groups is 1. The summed E-state index contributed by atoms with van der Waals surface area (Å²) < 4.78 is 1.63. The molecule has 0 aromatic carbocycles. The Morgan fingerprint density at radius 2 is 2.36 bits per heavy atom. The summed E-state index contributed by atoms with van der Waals surface area (Å²) in [4.78, 5) is 36.5. The summed E-state index contributed by atoms with van der Waals surface area (Å²) in [6.07, 6.45) is 3.50. The second kappa shape index (κ2) is 5.58. The van der Waals surface area contributed by atoms with Crippen LogP contribution in [0.5, 0.6) is 0 Å². The van der Waals surface area contributed by atoms with Gasteiger partial charge in [0.15, 0.2) is 0 Å². The number of anilines is 1. The van der Waals surface area contributed by atoms with E-state index in [0.29, 0.717) is 37.3 Å². The first-order valence-corrected chi connectivity index (χ1v) is 7.03. The number of hydrogen-bond donors (Lipinski definition) is 2. The zero-order valence-corrected chi connectivity index (χ0v) is 12.2. The lowest BCUT2D eigenvalue weighted by atomic mass is 10.0. The molecule has 1 atom stereocenters. The van der Waals surface area contributed by atoms with Crippen LogP contribution in [0.4, 0.5) is 5.95 Å². The minimum absolute atomic E-state index is 0.00167. The molecule has 0 saturated heterocycles. The minimum Gasteiger partial charge on any atom is -0.369 e. The Balaban J connectivity index is 1.73. The third-order valence-corrected chi connectivity index (χ3v) is 3.75. The highest BCUT2D eigenvalue weighted by Crippen LogP contribution is 2.17. The molecule has 22 heavy (non-hydrogen) atoms. The van der Waals surface area contributed by atoms with E-state index in [4.69, 9.17) is 5.73 Å². The topological polar surface area (TPSA) is 123 Å². The lowest BCUT2D eigenvalue weighted by Gasteiger charge is -2.29. The molecule has 9 heteroatoms. The van der Waals surface area contributed by atoms with Gasteiger partial charge < -0.3 is 10.6 Å². The second-order valence-electron chi connectivity index (χ2n) is 5.40. The molecule has 3 rings (SSSR count). The van der Waals surface area contributed by atoms with Crippen LogP contribution >= 0.6 is 0 Å². The first kappa shape index (κ1) is 14.2. The van der Waals surface area contributed by atoms with Crippen molar-refractivity contribution in [2.75, 3.05) is 12.3 Å². The lowest BCUT2D eigenvalue weighted by Crippen LogP contribution is -2.42. The van der Waals surface area contributed by atoms with E-state index in [0.717, 1.165) is 0 Å². The van der Waals surface area contributed by atoms with E-state index in [9.17, 15) is 9.59 Å². The van der Waals surface area contributed by atoms with E-state index in [-0.39, 0.29) is 23.3 Å². The van der Waals surface area contributed by atoms with Gasteiger partial charge in [-0.1, -0.05) is 6.92 Å². The van der Waals surface area contributed by atoms with Crippen LogP contribution in [0.1, 0.15) is 18.2 Å². The first-order chi connectivity index (χ1) is 10.5. The predicted octanol–water partition coefficient (Wildman–Crippen LogP) is -0.835. The standard InChI is InChI=1S/C13H17N7O2/c1-8(4-20-7-15-6-16-20)12(22)19-3-2-9-10(5-19)17-13(14)18-11(9)21/h6-8H,2-5H2,1H3,(H3,14,17,18,21)/t8-/m1/s1. The largest absolute Gasteiger partial charge is 0.369 e. The van der Waals surface area contributed by atoms with Crippen molar-refractivity contribution in [3.8, 4) is 0 Å². The lowest BCUT2D eigenvalue weighted by molar-refractivity contribution is -0.136. The maximum Gasteiger partial charge on any atom is 0.255 e. The van der Waals surface area contributed by atoms with Gasteiger partial charge in [-0.25, -0.2) is 9.97 Å². The molecule has 0 radical (unpaired) electrons. The SMILES string of the molecule is C[C@H](Cn1cncn1)C(=O)N1CCc2c(nc(N)[nH]c2=O)C1. The summed E-state index contributed by atoms with van der Waals surface area (Å²) in [5.74, 6) is -0.155. The summed E-state index contributed by atoms with van der Waals surface area (Å²) >= 11 is 0. The van der Waals surface area contributed by atoms with E-state index < -0.39 is 0 Å². The van der Waals surface area contributed by atoms with E-state index >= 15 is 0 Å². The zero-order valence-electron chi connectivity index (χ0n) is 12.2. The van der Waals surface area contributed by atoms with Crippen LogP contribution in [-0.2, 0) is 24.3 Å². The van der Waals surface area contributed by atoms with Gasteiger partial charge >= 0.3 is 0 Å². The van der Waals surface area contributed by atoms with Gasteiger partial charge in [-0.15, -0.1) is 0 Å². The van der Waals surface area contributed by atoms with Crippen molar-refractivity contribution in [3.05, 3.63) is 34.3 Å². The maximum absolute atomic E-state index is 12.5. The van der Waals surface area contributed by atoms with Crippen molar-refractivity contribution in [3.63, 3.8) is 0 Å². The van der Waals surface area contributed by atoms with Gasteiger partial charge in [0, 0.05) is 12.1 Å². The van der Waals surface area contributed by atoms with Crippen LogP contribution < -0.4 is 11.3 Å². The Morgan fingerprint density at radius 1 is 1.55 bits per heavy atom. The smallest absolute Gasteiger partial charge is 0.255 e. The molecule has 3 heterocycles. The number of nitrogen functional groups attached to an aromatic ring is 1. The van der Waals surface area contributed by atoms with Gasteiger partial charge in [0.25, 0.3) is 5.56 Å². The fourth-order valence-corrected chi connectivity index (χ4v) is 2.64. The van der Waals surface area contributed by atoms with E-state index in [1.807, 2.05) is 6.92 Å². The third kappa shape index (κ3) is 2.69. The Kier molecular flexibility index (Phi) is 3.61. The first-order valence-electron chi connectivity index (χ1n) is 7.03. The quantitative estimate of drug-likeness (QED) is 0.762. The van der Waals surface area contributed by atoms with Crippen LogP contribution in [0.25, 0.3) is 0 Å². The number of hydrogen-bond acceptors (Lipinski definition) is 6. The Hall–Kier alpha value is -2.71. The molecule has 2 aromatic rings. The zero-order chi connectivity index (χ0) is 15.7.